The highest BCUT2D eigenvalue weighted by Gasteiger charge is 2.20. The molecule has 2 heterocycles. The smallest absolute Gasteiger partial charge is 0.269 e. The molecule has 1 aromatic carbocycles. The molecule has 7 nitrogen and oxygen atoms in total. The van der Waals surface area contributed by atoms with Crippen LogP contribution in [0, 0.1) is 0 Å². The van der Waals surface area contributed by atoms with Crippen molar-refractivity contribution in [2.45, 2.75) is 44.2 Å². The van der Waals surface area contributed by atoms with Gasteiger partial charge in [0.05, 0.1) is 0 Å². The number of hydrogen-bond donors (Lipinski definition) is 1. The first-order chi connectivity index (χ1) is 12.2. The van der Waals surface area contributed by atoms with Crippen molar-refractivity contribution in [2.75, 3.05) is 5.84 Å². The number of hydrogen-bond acceptors (Lipinski definition) is 6. The Morgan fingerprint density at radius 1 is 0.920 bits per heavy atom. The molecule has 1 fully saturated rings. The summed E-state index contributed by atoms with van der Waals surface area (Å²) in [5, 5.41) is 14.9. The molecule has 1 aromatic heterocycles. The lowest BCUT2D eigenvalue weighted by Gasteiger charge is -2.24. The number of benzene rings is 1. The Labute approximate surface area is 145 Å². The Hall–Kier alpha value is -2.83. The molecule has 4 rings (SSSR count). The molecule has 2 aromatic rings. The van der Waals surface area contributed by atoms with Crippen molar-refractivity contribution in [1.82, 2.24) is 4.68 Å². The van der Waals surface area contributed by atoms with Crippen LogP contribution in [-0.4, -0.2) is 4.68 Å². The second-order valence-electron chi connectivity index (χ2n) is 6.62. The molecule has 0 atom stereocenters. The van der Waals surface area contributed by atoms with Crippen LogP contribution in [0.2, 0.25) is 0 Å². The topological polar surface area (TPSA) is 97.5 Å². The Balaban J connectivity index is 1.67. The van der Waals surface area contributed by atoms with Crippen molar-refractivity contribution in [3.8, 4) is 11.1 Å². The summed E-state index contributed by atoms with van der Waals surface area (Å²) in [4.78, 5) is 12.3. The van der Waals surface area contributed by atoms with Crippen LogP contribution in [0.1, 0.15) is 55.4 Å². The van der Waals surface area contributed by atoms with Gasteiger partial charge >= 0.3 is 0 Å². The number of pyridine rings is 1. The predicted molar refractivity (Wildman–Crippen MR) is 94.6 cm³/mol. The standard InChI is InChI=1S/C18H20N6O/c19-24-16(13-4-2-1-3-5-13)10-15(11-17(24)25)12-6-8-14(9-7-12)18-20-22-23-21-18/h6-11,13,18H,1-5,19H2. The van der Waals surface area contributed by atoms with E-state index in [1.54, 1.807) is 6.07 Å². The van der Waals surface area contributed by atoms with Gasteiger partial charge in [-0.2, -0.15) is 0 Å². The first kappa shape index (κ1) is 15.7. The van der Waals surface area contributed by atoms with E-state index in [9.17, 15) is 4.79 Å². The quantitative estimate of drug-likeness (QED) is 0.853. The van der Waals surface area contributed by atoms with Gasteiger partial charge in [-0.15, -0.1) is 10.2 Å². The molecular weight excluding hydrogens is 316 g/mol. The Morgan fingerprint density at radius 2 is 1.60 bits per heavy atom. The zero-order chi connectivity index (χ0) is 17.2. The maximum absolute atomic E-state index is 12.3. The van der Waals surface area contributed by atoms with Gasteiger partial charge in [-0.05, 0) is 40.5 Å². The van der Waals surface area contributed by atoms with E-state index < -0.39 is 0 Å². The lowest BCUT2D eigenvalue weighted by Crippen LogP contribution is -2.31. The third kappa shape index (κ3) is 3.09. The summed E-state index contributed by atoms with van der Waals surface area (Å²) in [6.07, 6.45) is 5.49. The fraction of sp³-hybridized carbons (Fsp3) is 0.389. The van der Waals surface area contributed by atoms with Gasteiger partial charge in [0, 0.05) is 23.2 Å². The largest absolute Gasteiger partial charge is 0.336 e. The lowest BCUT2D eigenvalue weighted by atomic mass is 9.86. The summed E-state index contributed by atoms with van der Waals surface area (Å²) < 4.78 is 1.31. The molecule has 1 aliphatic carbocycles. The molecule has 2 N–H and O–H groups in total. The zero-order valence-electron chi connectivity index (χ0n) is 13.9. The van der Waals surface area contributed by atoms with Crippen molar-refractivity contribution >= 4 is 0 Å². The van der Waals surface area contributed by atoms with E-state index in [1.807, 2.05) is 24.3 Å². The highest BCUT2D eigenvalue weighted by Crippen LogP contribution is 2.33. The highest BCUT2D eigenvalue weighted by molar-refractivity contribution is 5.64. The molecule has 0 bridgehead atoms. The van der Waals surface area contributed by atoms with E-state index in [0.717, 1.165) is 35.2 Å². The van der Waals surface area contributed by atoms with E-state index in [4.69, 9.17) is 5.84 Å². The second-order valence-corrected chi connectivity index (χ2v) is 6.62. The molecule has 1 aliphatic heterocycles. The molecule has 1 saturated carbocycles. The number of rotatable bonds is 3. The second kappa shape index (κ2) is 6.58. The predicted octanol–water partition coefficient (Wildman–Crippen LogP) is 4.11. The fourth-order valence-electron chi connectivity index (χ4n) is 3.63. The summed E-state index contributed by atoms with van der Waals surface area (Å²) in [6.45, 7) is 0. The van der Waals surface area contributed by atoms with E-state index in [0.29, 0.717) is 5.92 Å². The van der Waals surface area contributed by atoms with Gasteiger partial charge in [-0.25, -0.2) is 4.68 Å². The van der Waals surface area contributed by atoms with Crippen LogP contribution in [0.15, 0.2) is 61.9 Å². The Kier molecular flexibility index (Phi) is 4.13. The minimum Gasteiger partial charge on any atom is -0.336 e. The summed E-state index contributed by atoms with van der Waals surface area (Å²) in [5.41, 5.74) is 3.57. The molecule has 25 heavy (non-hydrogen) atoms. The van der Waals surface area contributed by atoms with Gasteiger partial charge in [0.2, 0.25) is 6.17 Å². The van der Waals surface area contributed by atoms with Gasteiger partial charge in [0.15, 0.2) is 0 Å². The minimum absolute atomic E-state index is 0.166. The first-order valence-electron chi connectivity index (χ1n) is 8.65. The molecule has 0 spiro atoms. The molecule has 0 radical (unpaired) electrons. The van der Waals surface area contributed by atoms with Crippen LogP contribution >= 0.6 is 0 Å². The van der Waals surface area contributed by atoms with Gasteiger partial charge in [-0.1, -0.05) is 43.5 Å². The average molecular weight is 336 g/mol. The summed E-state index contributed by atoms with van der Waals surface area (Å²) >= 11 is 0. The van der Waals surface area contributed by atoms with Crippen molar-refractivity contribution in [2.24, 2.45) is 20.7 Å². The Bertz CT molecular complexity index is 865. The van der Waals surface area contributed by atoms with Crippen LogP contribution in [-0.2, 0) is 0 Å². The summed E-state index contributed by atoms with van der Waals surface area (Å²) in [5.74, 6) is 6.39. The maximum Gasteiger partial charge on any atom is 0.269 e. The van der Waals surface area contributed by atoms with E-state index in [1.165, 1.54) is 23.9 Å². The molecule has 0 saturated heterocycles. The van der Waals surface area contributed by atoms with Crippen molar-refractivity contribution in [1.29, 1.82) is 0 Å². The lowest BCUT2D eigenvalue weighted by molar-refractivity contribution is 0.428. The molecule has 128 valence electrons. The van der Waals surface area contributed by atoms with Crippen molar-refractivity contribution in [3.05, 3.63) is 58.0 Å². The van der Waals surface area contributed by atoms with E-state index in [2.05, 4.69) is 26.7 Å². The van der Waals surface area contributed by atoms with Gasteiger partial charge in [0.25, 0.3) is 5.56 Å². The number of aromatic nitrogens is 1. The molecule has 0 unspecified atom stereocenters. The highest BCUT2D eigenvalue weighted by atomic mass is 16.1. The van der Waals surface area contributed by atoms with Crippen LogP contribution in [0.4, 0.5) is 0 Å². The van der Waals surface area contributed by atoms with Crippen LogP contribution in [0.25, 0.3) is 11.1 Å². The van der Waals surface area contributed by atoms with Gasteiger partial charge < -0.3 is 5.84 Å². The SMILES string of the molecule is Nn1c(C2CCCCC2)cc(-c2ccc(C3N=NN=N3)cc2)cc1=O. The number of nitrogen functional groups attached to an aromatic ring is 1. The normalized spacial score (nSPS) is 18.1. The minimum atomic E-state index is -0.358. The van der Waals surface area contributed by atoms with E-state index in [-0.39, 0.29) is 11.7 Å². The van der Waals surface area contributed by atoms with Gasteiger partial charge in [0.1, 0.15) is 0 Å². The van der Waals surface area contributed by atoms with Crippen LogP contribution < -0.4 is 11.4 Å². The molecule has 0 amide bonds. The monoisotopic (exact) mass is 336 g/mol. The molecule has 2 aliphatic rings. The van der Waals surface area contributed by atoms with Crippen LogP contribution in [0.5, 0.6) is 0 Å². The van der Waals surface area contributed by atoms with Crippen molar-refractivity contribution in [3.63, 3.8) is 0 Å². The summed E-state index contributed by atoms with van der Waals surface area (Å²) in [7, 11) is 0. The van der Waals surface area contributed by atoms with E-state index >= 15 is 0 Å². The third-order valence-electron chi connectivity index (χ3n) is 5.03. The molecular formula is C18H20N6O. The summed E-state index contributed by atoms with van der Waals surface area (Å²) in [6, 6.07) is 11.5. The fourth-order valence-corrected chi connectivity index (χ4v) is 3.63. The third-order valence-corrected chi connectivity index (χ3v) is 5.03. The number of nitrogens with zero attached hydrogens (tertiary/aromatic N) is 5. The molecule has 7 heteroatoms. The zero-order valence-corrected chi connectivity index (χ0v) is 13.9. The van der Waals surface area contributed by atoms with Crippen molar-refractivity contribution < 1.29 is 0 Å². The first-order valence-corrected chi connectivity index (χ1v) is 8.65. The number of nitrogens with two attached hydrogens (primary N) is 1. The maximum atomic E-state index is 12.3. The average Bonchev–Trinajstić information content (AvgIpc) is 3.19. The Morgan fingerprint density at radius 3 is 2.28 bits per heavy atom. The van der Waals surface area contributed by atoms with Gasteiger partial charge in [-0.3, -0.25) is 4.79 Å². The van der Waals surface area contributed by atoms with Crippen LogP contribution in [0.3, 0.4) is 0 Å².